The van der Waals surface area contributed by atoms with Crippen LogP contribution in [0.2, 0.25) is 5.02 Å². The zero-order valence-corrected chi connectivity index (χ0v) is 21.2. The summed E-state index contributed by atoms with van der Waals surface area (Å²) < 4.78 is 33.7. The highest BCUT2D eigenvalue weighted by atomic mass is 127. The maximum Gasteiger partial charge on any atom is 0.340 e. The van der Waals surface area contributed by atoms with E-state index in [1.54, 1.807) is 49.4 Å². The van der Waals surface area contributed by atoms with E-state index in [0.717, 1.165) is 9.64 Å². The molecular formula is C23H20ClIN2O5S. The van der Waals surface area contributed by atoms with Crippen LogP contribution in [0, 0.1) is 3.57 Å². The third-order valence-corrected chi connectivity index (χ3v) is 7.49. The van der Waals surface area contributed by atoms with E-state index in [1.165, 1.54) is 16.4 Å². The van der Waals surface area contributed by atoms with Crippen LogP contribution in [0.25, 0.3) is 0 Å². The highest BCUT2D eigenvalue weighted by Crippen LogP contribution is 2.27. The molecule has 3 aromatic rings. The molecule has 0 saturated heterocycles. The van der Waals surface area contributed by atoms with E-state index in [1.807, 2.05) is 12.1 Å². The summed E-state index contributed by atoms with van der Waals surface area (Å²) >= 11 is 8.26. The van der Waals surface area contributed by atoms with Gasteiger partial charge in [0, 0.05) is 15.8 Å². The van der Waals surface area contributed by atoms with Crippen LogP contribution in [0.15, 0.2) is 77.7 Å². The summed E-state index contributed by atoms with van der Waals surface area (Å²) in [4.78, 5) is 24.5. The second-order valence-electron chi connectivity index (χ2n) is 6.78. The average Bonchev–Trinajstić information content (AvgIpc) is 2.80. The Balaban J connectivity index is 1.75. The van der Waals surface area contributed by atoms with E-state index in [9.17, 15) is 18.0 Å². The second-order valence-corrected chi connectivity index (χ2v) is 10.3. The van der Waals surface area contributed by atoms with Crippen molar-refractivity contribution in [3.05, 3.63) is 87.0 Å². The number of hydrogen-bond acceptors (Lipinski definition) is 5. The van der Waals surface area contributed by atoms with Gasteiger partial charge in [-0.3, -0.25) is 9.10 Å². The number of halogens is 2. The van der Waals surface area contributed by atoms with Gasteiger partial charge in [0.05, 0.1) is 21.2 Å². The van der Waals surface area contributed by atoms with Crippen molar-refractivity contribution in [2.45, 2.75) is 11.8 Å². The van der Waals surface area contributed by atoms with Gasteiger partial charge in [-0.2, -0.15) is 0 Å². The second kappa shape index (κ2) is 11.0. The smallest absolute Gasteiger partial charge is 0.340 e. The zero-order valence-electron chi connectivity index (χ0n) is 17.5. The van der Waals surface area contributed by atoms with Crippen LogP contribution in [-0.2, 0) is 19.6 Å². The number of para-hydroxylation sites is 1. The quantitative estimate of drug-likeness (QED) is 0.293. The summed E-state index contributed by atoms with van der Waals surface area (Å²) in [5.74, 6) is -1.44. The number of ether oxygens (including phenoxy) is 1. The number of amides is 1. The number of esters is 1. The number of hydrogen-bond donors (Lipinski definition) is 1. The van der Waals surface area contributed by atoms with E-state index in [2.05, 4.69) is 27.9 Å². The van der Waals surface area contributed by atoms with Gasteiger partial charge in [0.2, 0.25) is 0 Å². The molecule has 0 radical (unpaired) electrons. The Labute approximate surface area is 210 Å². The lowest BCUT2D eigenvalue weighted by Crippen LogP contribution is -2.31. The SMILES string of the molecule is CCN(c1ccccc1)S(=O)(=O)c1ccc(Cl)c(C(=O)OCC(=O)Nc2ccc(I)cc2)c1. The maximum absolute atomic E-state index is 13.2. The Bertz CT molecular complexity index is 1250. The lowest BCUT2D eigenvalue weighted by molar-refractivity contribution is -0.119. The molecule has 0 spiro atoms. The van der Waals surface area contributed by atoms with E-state index in [0.29, 0.717) is 11.4 Å². The molecule has 172 valence electrons. The first-order valence-electron chi connectivity index (χ1n) is 9.82. The monoisotopic (exact) mass is 598 g/mol. The molecule has 10 heteroatoms. The first-order valence-corrected chi connectivity index (χ1v) is 12.7. The standard InChI is InChI=1S/C23H20ClIN2O5S/c1-2-27(18-6-4-3-5-7-18)33(30,31)19-12-13-21(24)20(14-19)23(29)32-15-22(28)26-17-10-8-16(25)9-11-17/h3-14H,2,15H2,1H3,(H,26,28). The summed E-state index contributed by atoms with van der Waals surface area (Å²) in [6.07, 6.45) is 0. The Morgan fingerprint density at radius 3 is 2.33 bits per heavy atom. The molecule has 33 heavy (non-hydrogen) atoms. The number of sulfonamides is 1. The molecule has 3 aromatic carbocycles. The fourth-order valence-corrected chi connectivity index (χ4v) is 5.03. The number of carbonyl (C=O) groups excluding carboxylic acids is 2. The van der Waals surface area contributed by atoms with Crippen molar-refractivity contribution in [2.75, 3.05) is 22.8 Å². The fourth-order valence-electron chi connectivity index (χ4n) is 2.97. The number of carbonyl (C=O) groups is 2. The van der Waals surface area contributed by atoms with Gasteiger partial charge in [-0.25, -0.2) is 13.2 Å². The molecule has 3 rings (SSSR count). The molecule has 1 N–H and O–H groups in total. The Morgan fingerprint density at radius 2 is 1.70 bits per heavy atom. The van der Waals surface area contributed by atoms with Crippen molar-refractivity contribution in [3.63, 3.8) is 0 Å². The first-order chi connectivity index (χ1) is 15.7. The van der Waals surface area contributed by atoms with Gasteiger partial charge in [-0.1, -0.05) is 29.8 Å². The van der Waals surface area contributed by atoms with Crippen molar-refractivity contribution in [1.82, 2.24) is 0 Å². The van der Waals surface area contributed by atoms with Gasteiger partial charge < -0.3 is 10.1 Å². The van der Waals surface area contributed by atoms with Gasteiger partial charge in [-0.05, 0) is 84.1 Å². The minimum atomic E-state index is -3.97. The molecule has 0 aliphatic rings. The summed E-state index contributed by atoms with van der Waals surface area (Å²) in [6.45, 7) is 1.35. The van der Waals surface area contributed by atoms with Gasteiger partial charge in [0.15, 0.2) is 6.61 Å². The maximum atomic E-state index is 13.2. The molecular weight excluding hydrogens is 579 g/mol. The van der Waals surface area contributed by atoms with E-state index in [-0.39, 0.29) is 22.0 Å². The Kier molecular flexibility index (Phi) is 8.33. The fraction of sp³-hybridized carbons (Fsp3) is 0.130. The first kappa shape index (κ1) is 25.0. The number of nitrogens with zero attached hydrogens (tertiary/aromatic N) is 1. The van der Waals surface area contributed by atoms with E-state index < -0.39 is 28.5 Å². The molecule has 7 nitrogen and oxygen atoms in total. The minimum Gasteiger partial charge on any atom is -0.452 e. The zero-order chi connectivity index (χ0) is 24.0. The van der Waals surface area contributed by atoms with Gasteiger partial charge >= 0.3 is 5.97 Å². The van der Waals surface area contributed by atoms with Crippen molar-refractivity contribution >= 4 is 67.5 Å². The molecule has 0 fully saturated rings. The van der Waals surface area contributed by atoms with Crippen LogP contribution in [0.5, 0.6) is 0 Å². The molecule has 0 aliphatic carbocycles. The summed E-state index contributed by atoms with van der Waals surface area (Å²) in [6, 6.07) is 19.5. The van der Waals surface area contributed by atoms with E-state index >= 15 is 0 Å². The van der Waals surface area contributed by atoms with Crippen molar-refractivity contribution < 1.29 is 22.7 Å². The average molecular weight is 599 g/mol. The topological polar surface area (TPSA) is 92.8 Å². The largest absolute Gasteiger partial charge is 0.452 e. The van der Waals surface area contributed by atoms with Crippen LogP contribution < -0.4 is 9.62 Å². The molecule has 1 amide bonds. The summed E-state index contributed by atoms with van der Waals surface area (Å²) in [5, 5.41) is 2.63. The molecule has 0 saturated carbocycles. The highest BCUT2D eigenvalue weighted by molar-refractivity contribution is 14.1. The predicted molar refractivity (Wildman–Crippen MR) is 136 cm³/mol. The van der Waals surface area contributed by atoms with Crippen LogP contribution >= 0.6 is 34.2 Å². The summed E-state index contributed by atoms with van der Waals surface area (Å²) in [7, 11) is -3.97. The van der Waals surface area contributed by atoms with Crippen molar-refractivity contribution in [1.29, 1.82) is 0 Å². The lowest BCUT2D eigenvalue weighted by atomic mass is 10.2. The number of anilines is 2. The predicted octanol–water partition coefficient (Wildman–Crippen LogP) is 4.96. The van der Waals surface area contributed by atoms with Crippen LogP contribution in [0.1, 0.15) is 17.3 Å². The lowest BCUT2D eigenvalue weighted by Gasteiger charge is -2.23. The number of benzene rings is 3. The van der Waals surface area contributed by atoms with Gasteiger partial charge in [0.25, 0.3) is 15.9 Å². The molecule has 0 bridgehead atoms. The minimum absolute atomic E-state index is 0.0137. The van der Waals surface area contributed by atoms with Crippen LogP contribution in [-0.4, -0.2) is 33.4 Å². The van der Waals surface area contributed by atoms with Gasteiger partial charge in [-0.15, -0.1) is 0 Å². The third-order valence-electron chi connectivity index (χ3n) is 4.54. The molecule has 0 unspecified atom stereocenters. The number of nitrogens with one attached hydrogen (secondary N) is 1. The molecule has 0 heterocycles. The Hall–Kier alpha value is -2.63. The van der Waals surface area contributed by atoms with Gasteiger partial charge in [0.1, 0.15) is 0 Å². The molecule has 0 aromatic heterocycles. The third kappa shape index (κ3) is 6.24. The summed E-state index contributed by atoms with van der Waals surface area (Å²) in [5.41, 5.74) is 0.901. The van der Waals surface area contributed by atoms with Crippen LogP contribution in [0.4, 0.5) is 11.4 Å². The normalized spacial score (nSPS) is 11.0. The number of rotatable bonds is 8. The van der Waals surface area contributed by atoms with E-state index in [4.69, 9.17) is 16.3 Å². The van der Waals surface area contributed by atoms with Crippen molar-refractivity contribution in [3.8, 4) is 0 Å². The Morgan fingerprint density at radius 1 is 1.03 bits per heavy atom. The highest BCUT2D eigenvalue weighted by Gasteiger charge is 2.26. The van der Waals surface area contributed by atoms with Crippen LogP contribution in [0.3, 0.4) is 0 Å². The molecule has 0 aliphatic heterocycles. The van der Waals surface area contributed by atoms with Crippen molar-refractivity contribution in [2.24, 2.45) is 0 Å². The molecule has 0 atom stereocenters.